The van der Waals surface area contributed by atoms with Crippen molar-refractivity contribution in [2.75, 3.05) is 0 Å². The summed E-state index contributed by atoms with van der Waals surface area (Å²) in [6, 6.07) is 13.9. The monoisotopic (exact) mass is 273 g/mol. The molecule has 1 N–H and O–H groups in total. The van der Waals surface area contributed by atoms with Gasteiger partial charge in [0.1, 0.15) is 6.29 Å². The van der Waals surface area contributed by atoms with Gasteiger partial charge in [-0.15, -0.1) is 0 Å². The summed E-state index contributed by atoms with van der Waals surface area (Å²) in [5.41, 5.74) is 0.589. The first-order chi connectivity index (χ1) is 9.54. The van der Waals surface area contributed by atoms with Gasteiger partial charge in [0.15, 0.2) is 0 Å². The largest absolute Gasteiger partial charge is 0.478 e. The molecule has 6 heteroatoms. The number of nitrogens with zero attached hydrogens (tertiary/aromatic N) is 1. The predicted molar refractivity (Wildman–Crippen MR) is 71.9 cm³/mol. The minimum Gasteiger partial charge on any atom is -0.478 e. The number of carbonyl (C=O) groups excluding carboxylic acids is 1. The van der Waals surface area contributed by atoms with Crippen LogP contribution in [0.5, 0.6) is 0 Å². The quantitative estimate of drug-likeness (QED) is 0.526. The lowest BCUT2D eigenvalue weighted by Crippen LogP contribution is -1.93. The minimum atomic E-state index is -0.879. The average molecular weight is 273 g/mol. The van der Waals surface area contributed by atoms with Gasteiger partial charge in [0.05, 0.1) is 10.5 Å². The number of rotatable bonds is 3. The zero-order chi connectivity index (χ0) is 15.0. The highest BCUT2D eigenvalue weighted by Gasteiger charge is 2.03. The Balaban J connectivity index is 0.000000204. The van der Waals surface area contributed by atoms with Crippen molar-refractivity contribution in [2.24, 2.45) is 0 Å². The molecule has 0 radical (unpaired) electrons. The molecule has 0 fully saturated rings. The smallest absolute Gasteiger partial charge is 0.335 e. The van der Waals surface area contributed by atoms with Crippen LogP contribution in [0.25, 0.3) is 0 Å². The maximum Gasteiger partial charge on any atom is 0.335 e. The van der Waals surface area contributed by atoms with Crippen LogP contribution in [-0.2, 0) is 0 Å². The third-order valence-electron chi connectivity index (χ3n) is 2.24. The molecule has 2 rings (SSSR count). The third kappa shape index (κ3) is 4.69. The standard InChI is InChI=1S/C7H5NO3.C7H6O2/c9-5-6-2-1-3-7(4-6)8(10)11;8-7(9)6-4-2-1-3-5-6/h1-5H;1-5H,(H,8,9). The second-order valence-corrected chi connectivity index (χ2v) is 3.64. The van der Waals surface area contributed by atoms with E-state index >= 15 is 0 Å². The van der Waals surface area contributed by atoms with E-state index in [1.807, 2.05) is 0 Å². The number of nitro groups is 1. The summed E-state index contributed by atoms with van der Waals surface area (Å²) in [7, 11) is 0. The van der Waals surface area contributed by atoms with E-state index in [2.05, 4.69) is 0 Å². The predicted octanol–water partition coefficient (Wildman–Crippen LogP) is 2.79. The topological polar surface area (TPSA) is 97.5 Å². The summed E-state index contributed by atoms with van der Waals surface area (Å²) in [5, 5.41) is 18.5. The molecule has 0 saturated heterocycles. The van der Waals surface area contributed by atoms with Crippen LogP contribution in [0.1, 0.15) is 20.7 Å². The summed E-state index contributed by atoms with van der Waals surface area (Å²) in [6.45, 7) is 0. The normalized spacial score (nSPS) is 9.00. The first-order valence-electron chi connectivity index (χ1n) is 5.52. The van der Waals surface area contributed by atoms with Crippen molar-refractivity contribution in [3.8, 4) is 0 Å². The molecule has 0 heterocycles. The lowest BCUT2D eigenvalue weighted by Gasteiger charge is -1.90. The minimum absolute atomic E-state index is 0.0606. The van der Waals surface area contributed by atoms with Gasteiger partial charge in [0.25, 0.3) is 5.69 Å². The fourth-order valence-electron chi connectivity index (χ4n) is 1.29. The fourth-order valence-corrected chi connectivity index (χ4v) is 1.29. The maximum absolute atomic E-state index is 10.2. The molecule has 0 saturated carbocycles. The van der Waals surface area contributed by atoms with Crippen molar-refractivity contribution in [2.45, 2.75) is 0 Å². The van der Waals surface area contributed by atoms with E-state index in [0.29, 0.717) is 17.4 Å². The summed E-state index contributed by atoms with van der Waals surface area (Å²) in [5.74, 6) is -0.879. The molecule has 2 aromatic carbocycles. The number of non-ortho nitro benzene ring substituents is 1. The van der Waals surface area contributed by atoms with Crippen molar-refractivity contribution < 1.29 is 19.6 Å². The molecule has 2 aromatic rings. The average Bonchev–Trinajstić information content (AvgIpc) is 2.49. The van der Waals surface area contributed by atoms with Gasteiger partial charge in [-0.05, 0) is 12.1 Å². The Morgan fingerprint density at radius 2 is 1.75 bits per heavy atom. The molecule has 0 aliphatic rings. The van der Waals surface area contributed by atoms with Crippen LogP contribution >= 0.6 is 0 Å². The first-order valence-corrected chi connectivity index (χ1v) is 5.52. The van der Waals surface area contributed by atoms with Crippen LogP contribution in [0.2, 0.25) is 0 Å². The molecule has 102 valence electrons. The van der Waals surface area contributed by atoms with Crippen LogP contribution in [0.3, 0.4) is 0 Å². The Morgan fingerprint density at radius 3 is 2.20 bits per heavy atom. The highest BCUT2D eigenvalue weighted by molar-refractivity contribution is 5.87. The van der Waals surface area contributed by atoms with Crippen LogP contribution < -0.4 is 0 Å². The van der Waals surface area contributed by atoms with Crippen molar-refractivity contribution >= 4 is 17.9 Å². The van der Waals surface area contributed by atoms with E-state index in [1.165, 1.54) is 24.3 Å². The Labute approximate surface area is 114 Å². The fraction of sp³-hybridized carbons (Fsp3) is 0. The summed E-state index contributed by atoms with van der Waals surface area (Å²) in [6.07, 6.45) is 0.576. The number of aldehydes is 1. The second kappa shape index (κ2) is 7.42. The van der Waals surface area contributed by atoms with E-state index in [-0.39, 0.29) is 5.69 Å². The van der Waals surface area contributed by atoms with E-state index in [4.69, 9.17) is 5.11 Å². The van der Waals surface area contributed by atoms with Gasteiger partial charge in [-0.3, -0.25) is 14.9 Å². The van der Waals surface area contributed by atoms with Crippen LogP contribution in [0.4, 0.5) is 5.69 Å². The second-order valence-electron chi connectivity index (χ2n) is 3.64. The molecule has 0 amide bonds. The van der Waals surface area contributed by atoms with Gasteiger partial charge >= 0.3 is 5.97 Å². The van der Waals surface area contributed by atoms with Crippen LogP contribution in [0, 0.1) is 10.1 Å². The van der Waals surface area contributed by atoms with E-state index in [1.54, 1.807) is 30.3 Å². The molecule has 6 nitrogen and oxygen atoms in total. The van der Waals surface area contributed by atoms with E-state index < -0.39 is 10.9 Å². The Bertz CT molecular complexity index is 610. The molecule has 0 aromatic heterocycles. The molecule has 0 atom stereocenters. The zero-order valence-electron chi connectivity index (χ0n) is 10.3. The number of carbonyl (C=O) groups is 2. The van der Waals surface area contributed by atoms with E-state index in [0.717, 1.165) is 0 Å². The molecule has 20 heavy (non-hydrogen) atoms. The maximum atomic E-state index is 10.2. The summed E-state index contributed by atoms with van der Waals surface area (Å²) < 4.78 is 0. The van der Waals surface area contributed by atoms with Gasteiger partial charge in [-0.1, -0.05) is 30.3 Å². The van der Waals surface area contributed by atoms with Crippen LogP contribution in [-0.4, -0.2) is 22.3 Å². The van der Waals surface area contributed by atoms with Gasteiger partial charge in [0, 0.05) is 17.7 Å². The van der Waals surface area contributed by atoms with Crippen molar-refractivity contribution in [1.29, 1.82) is 0 Å². The van der Waals surface area contributed by atoms with E-state index in [9.17, 15) is 19.7 Å². The van der Waals surface area contributed by atoms with Crippen LogP contribution in [0.15, 0.2) is 54.6 Å². The van der Waals surface area contributed by atoms with Crippen molar-refractivity contribution in [3.63, 3.8) is 0 Å². The number of aromatic carboxylic acids is 1. The highest BCUT2D eigenvalue weighted by atomic mass is 16.6. The van der Waals surface area contributed by atoms with Crippen molar-refractivity contribution in [3.05, 3.63) is 75.8 Å². The lowest BCUT2D eigenvalue weighted by molar-refractivity contribution is -0.384. The summed E-state index contributed by atoms with van der Waals surface area (Å²) in [4.78, 5) is 30.0. The Kier molecular flexibility index (Phi) is 5.58. The van der Waals surface area contributed by atoms with Gasteiger partial charge in [-0.2, -0.15) is 0 Å². The van der Waals surface area contributed by atoms with Gasteiger partial charge in [0.2, 0.25) is 0 Å². The van der Waals surface area contributed by atoms with Gasteiger partial charge < -0.3 is 5.11 Å². The number of carboxylic acids is 1. The molecule has 0 unspecified atom stereocenters. The SMILES string of the molecule is O=C(O)c1ccccc1.O=Cc1cccc([N+](=O)[O-])c1. The third-order valence-corrected chi connectivity index (χ3v) is 2.24. The summed E-state index contributed by atoms with van der Waals surface area (Å²) >= 11 is 0. The number of hydrogen-bond acceptors (Lipinski definition) is 4. The number of hydrogen-bond donors (Lipinski definition) is 1. The molecular weight excluding hydrogens is 262 g/mol. The van der Waals surface area contributed by atoms with Crippen molar-refractivity contribution in [1.82, 2.24) is 0 Å². The number of carboxylic acid groups (broad SMARTS) is 1. The highest BCUT2D eigenvalue weighted by Crippen LogP contribution is 2.10. The lowest BCUT2D eigenvalue weighted by atomic mass is 10.2. The molecule has 0 spiro atoms. The number of nitro benzene ring substituents is 1. The molecular formula is C14H11NO5. The Morgan fingerprint density at radius 1 is 1.10 bits per heavy atom. The number of benzene rings is 2. The zero-order valence-corrected chi connectivity index (χ0v) is 10.3. The Hall–Kier alpha value is -3.02. The molecule has 0 aliphatic heterocycles. The first kappa shape index (κ1) is 15.0. The van der Waals surface area contributed by atoms with Gasteiger partial charge in [-0.25, -0.2) is 4.79 Å². The molecule has 0 aliphatic carbocycles. The molecule has 0 bridgehead atoms.